The molecule has 0 aliphatic heterocycles. The van der Waals surface area contributed by atoms with Crippen LogP contribution in [0.1, 0.15) is 6.92 Å². The standard InChI is InChI=1S/C11H12BrClN2O3/c1-6(16)15-10(11(17)18)5-14-7-2-3-8(12)9(13)4-7/h2-4,10,14H,5H2,1H3,(H,15,16)(H,17,18). The van der Waals surface area contributed by atoms with E-state index in [1.807, 2.05) is 0 Å². The Morgan fingerprint density at radius 2 is 2.17 bits per heavy atom. The van der Waals surface area contributed by atoms with Gasteiger partial charge in [-0.15, -0.1) is 0 Å². The van der Waals surface area contributed by atoms with Gasteiger partial charge in [-0.25, -0.2) is 4.79 Å². The lowest BCUT2D eigenvalue weighted by molar-refractivity contribution is -0.141. The summed E-state index contributed by atoms with van der Waals surface area (Å²) in [6.45, 7) is 1.35. The number of carboxylic acids is 1. The zero-order chi connectivity index (χ0) is 13.7. The third-order valence-electron chi connectivity index (χ3n) is 2.11. The van der Waals surface area contributed by atoms with Crippen LogP contribution in [0.25, 0.3) is 0 Å². The fraction of sp³-hybridized carbons (Fsp3) is 0.273. The smallest absolute Gasteiger partial charge is 0.328 e. The summed E-state index contributed by atoms with van der Waals surface area (Å²) in [5.74, 6) is -1.49. The molecular weight excluding hydrogens is 323 g/mol. The molecule has 98 valence electrons. The van der Waals surface area contributed by atoms with Crippen LogP contribution in [0.5, 0.6) is 0 Å². The van der Waals surface area contributed by atoms with Crippen molar-refractivity contribution >= 4 is 45.1 Å². The number of hydrogen-bond donors (Lipinski definition) is 3. The topological polar surface area (TPSA) is 78.4 Å². The van der Waals surface area contributed by atoms with E-state index in [9.17, 15) is 9.59 Å². The van der Waals surface area contributed by atoms with Crippen LogP contribution in [0.2, 0.25) is 5.02 Å². The molecule has 0 bridgehead atoms. The third-order valence-corrected chi connectivity index (χ3v) is 3.34. The first-order valence-corrected chi connectivity index (χ1v) is 6.26. The summed E-state index contributed by atoms with van der Waals surface area (Å²) in [6.07, 6.45) is 0. The predicted molar refractivity (Wildman–Crippen MR) is 72.9 cm³/mol. The summed E-state index contributed by atoms with van der Waals surface area (Å²) >= 11 is 9.16. The highest BCUT2D eigenvalue weighted by atomic mass is 79.9. The molecule has 0 aromatic heterocycles. The van der Waals surface area contributed by atoms with Gasteiger partial charge in [-0.2, -0.15) is 0 Å². The van der Waals surface area contributed by atoms with Crippen LogP contribution in [0.4, 0.5) is 5.69 Å². The number of carbonyl (C=O) groups excluding carboxylic acids is 1. The monoisotopic (exact) mass is 334 g/mol. The van der Waals surface area contributed by atoms with Crippen molar-refractivity contribution < 1.29 is 14.7 Å². The van der Waals surface area contributed by atoms with Gasteiger partial charge in [0.05, 0.1) is 5.02 Å². The number of carbonyl (C=O) groups is 2. The Hall–Kier alpha value is -1.27. The highest BCUT2D eigenvalue weighted by Gasteiger charge is 2.17. The van der Waals surface area contributed by atoms with Gasteiger partial charge in [0.25, 0.3) is 0 Å². The average Bonchev–Trinajstić information content (AvgIpc) is 2.28. The number of nitrogens with one attached hydrogen (secondary N) is 2. The quantitative estimate of drug-likeness (QED) is 0.770. The molecule has 1 atom stereocenters. The van der Waals surface area contributed by atoms with E-state index in [4.69, 9.17) is 16.7 Å². The lowest BCUT2D eigenvalue weighted by Crippen LogP contribution is -2.44. The molecule has 0 saturated heterocycles. The fourth-order valence-electron chi connectivity index (χ4n) is 1.27. The molecule has 5 nitrogen and oxygen atoms in total. The van der Waals surface area contributed by atoms with Crippen molar-refractivity contribution in [3.63, 3.8) is 0 Å². The molecule has 0 radical (unpaired) electrons. The second kappa shape index (κ2) is 6.61. The van der Waals surface area contributed by atoms with E-state index in [1.165, 1.54) is 6.92 Å². The van der Waals surface area contributed by atoms with Crippen molar-refractivity contribution in [3.05, 3.63) is 27.7 Å². The Bertz CT molecular complexity index is 468. The number of hydrogen-bond acceptors (Lipinski definition) is 3. The summed E-state index contributed by atoms with van der Waals surface area (Å²) in [4.78, 5) is 21.7. The molecule has 1 unspecified atom stereocenters. The van der Waals surface area contributed by atoms with Gasteiger partial charge in [0, 0.05) is 23.6 Å². The number of aliphatic carboxylic acids is 1. The molecular formula is C11H12BrClN2O3. The number of rotatable bonds is 5. The van der Waals surface area contributed by atoms with Gasteiger partial charge in [-0.05, 0) is 34.1 Å². The van der Waals surface area contributed by atoms with Gasteiger partial charge in [0.15, 0.2) is 0 Å². The first-order valence-electron chi connectivity index (χ1n) is 5.09. The minimum atomic E-state index is -1.10. The van der Waals surface area contributed by atoms with Crippen molar-refractivity contribution in [3.8, 4) is 0 Å². The first kappa shape index (κ1) is 14.8. The molecule has 18 heavy (non-hydrogen) atoms. The molecule has 0 fully saturated rings. The van der Waals surface area contributed by atoms with Crippen molar-refractivity contribution in [2.24, 2.45) is 0 Å². The number of halogens is 2. The number of anilines is 1. The van der Waals surface area contributed by atoms with Gasteiger partial charge in [-0.1, -0.05) is 11.6 Å². The third kappa shape index (κ3) is 4.54. The molecule has 1 aromatic rings. The lowest BCUT2D eigenvalue weighted by Gasteiger charge is -2.15. The summed E-state index contributed by atoms with van der Waals surface area (Å²) in [6, 6.07) is 4.18. The van der Waals surface area contributed by atoms with Gasteiger partial charge in [-0.3, -0.25) is 4.79 Å². The second-order valence-electron chi connectivity index (χ2n) is 3.60. The van der Waals surface area contributed by atoms with Gasteiger partial charge >= 0.3 is 5.97 Å². The van der Waals surface area contributed by atoms with Crippen molar-refractivity contribution in [1.82, 2.24) is 5.32 Å². The Kier molecular flexibility index (Phi) is 5.43. The summed E-state index contributed by atoms with van der Waals surface area (Å²) in [5.41, 5.74) is 0.680. The summed E-state index contributed by atoms with van der Waals surface area (Å²) < 4.78 is 0.756. The minimum absolute atomic E-state index is 0.0763. The molecule has 0 saturated carbocycles. The maximum absolute atomic E-state index is 10.9. The van der Waals surface area contributed by atoms with Crippen LogP contribution in [-0.4, -0.2) is 29.6 Å². The Morgan fingerprint density at radius 1 is 1.50 bits per heavy atom. The van der Waals surface area contributed by atoms with Crippen LogP contribution < -0.4 is 10.6 Å². The number of carboxylic acid groups (broad SMARTS) is 1. The average molecular weight is 336 g/mol. The zero-order valence-corrected chi connectivity index (χ0v) is 11.9. The van der Waals surface area contributed by atoms with Gasteiger partial charge in [0.1, 0.15) is 6.04 Å². The molecule has 7 heteroatoms. The van der Waals surface area contributed by atoms with Crippen LogP contribution in [0.3, 0.4) is 0 Å². The zero-order valence-electron chi connectivity index (χ0n) is 9.54. The minimum Gasteiger partial charge on any atom is -0.480 e. The van der Waals surface area contributed by atoms with Crippen molar-refractivity contribution in [2.45, 2.75) is 13.0 Å². The molecule has 3 N–H and O–H groups in total. The molecule has 0 heterocycles. The van der Waals surface area contributed by atoms with Crippen molar-refractivity contribution in [1.29, 1.82) is 0 Å². The maximum atomic E-state index is 10.9. The summed E-state index contributed by atoms with van der Waals surface area (Å²) in [7, 11) is 0. The fourth-order valence-corrected chi connectivity index (χ4v) is 1.70. The van der Waals surface area contributed by atoms with E-state index in [2.05, 4.69) is 26.6 Å². The maximum Gasteiger partial charge on any atom is 0.328 e. The van der Waals surface area contributed by atoms with Gasteiger partial charge in [0.2, 0.25) is 5.91 Å². The first-order chi connectivity index (χ1) is 8.40. The van der Waals surface area contributed by atoms with Crippen molar-refractivity contribution in [2.75, 3.05) is 11.9 Å². The van der Waals surface area contributed by atoms with Crippen LogP contribution in [-0.2, 0) is 9.59 Å². The SMILES string of the molecule is CC(=O)NC(CNc1ccc(Br)c(Cl)c1)C(=O)O. The highest BCUT2D eigenvalue weighted by molar-refractivity contribution is 9.10. The highest BCUT2D eigenvalue weighted by Crippen LogP contribution is 2.25. The molecule has 0 aliphatic rings. The van der Waals surface area contributed by atoms with Crippen LogP contribution >= 0.6 is 27.5 Å². The molecule has 1 rings (SSSR count). The molecule has 1 amide bonds. The van der Waals surface area contributed by atoms with E-state index in [0.29, 0.717) is 10.7 Å². The van der Waals surface area contributed by atoms with Gasteiger partial charge < -0.3 is 15.7 Å². The molecule has 0 spiro atoms. The Balaban J connectivity index is 2.64. The Labute approximate surface area is 118 Å². The lowest BCUT2D eigenvalue weighted by atomic mass is 10.2. The number of amides is 1. The van der Waals surface area contributed by atoms with Crippen LogP contribution in [0.15, 0.2) is 22.7 Å². The second-order valence-corrected chi connectivity index (χ2v) is 4.86. The van der Waals surface area contributed by atoms with E-state index in [1.54, 1.807) is 18.2 Å². The molecule has 1 aromatic carbocycles. The predicted octanol–water partition coefficient (Wildman–Crippen LogP) is 2.10. The summed E-state index contributed by atoms with van der Waals surface area (Å²) in [5, 5.41) is 14.7. The molecule has 0 aliphatic carbocycles. The normalized spacial score (nSPS) is 11.7. The van der Waals surface area contributed by atoms with E-state index >= 15 is 0 Å². The number of benzene rings is 1. The van der Waals surface area contributed by atoms with E-state index in [-0.39, 0.29) is 6.54 Å². The Morgan fingerprint density at radius 3 is 2.67 bits per heavy atom. The van der Waals surface area contributed by atoms with Crippen LogP contribution in [0, 0.1) is 0 Å². The largest absolute Gasteiger partial charge is 0.480 e. The van der Waals surface area contributed by atoms with E-state index in [0.717, 1.165) is 4.47 Å². The van der Waals surface area contributed by atoms with E-state index < -0.39 is 17.9 Å².